The van der Waals surface area contributed by atoms with Crippen LogP contribution in [0.4, 0.5) is 5.69 Å². The van der Waals surface area contributed by atoms with Gasteiger partial charge in [0.2, 0.25) is 11.8 Å². The highest BCUT2D eigenvalue weighted by Crippen LogP contribution is 2.26. The van der Waals surface area contributed by atoms with Crippen LogP contribution in [-0.2, 0) is 21.1 Å². The number of anilines is 1. The second kappa shape index (κ2) is 9.46. The van der Waals surface area contributed by atoms with Crippen LogP contribution >= 0.6 is 11.3 Å². The van der Waals surface area contributed by atoms with Crippen LogP contribution in [0.1, 0.15) is 31.2 Å². The molecular weight excluding hydrogens is 446 g/mol. The Labute approximate surface area is 192 Å². The summed E-state index contributed by atoms with van der Waals surface area (Å²) in [5, 5.41) is 5.09. The maximum absolute atomic E-state index is 12.6. The van der Waals surface area contributed by atoms with E-state index in [-0.39, 0.29) is 24.1 Å². The van der Waals surface area contributed by atoms with Crippen LogP contribution in [0, 0.1) is 6.92 Å². The summed E-state index contributed by atoms with van der Waals surface area (Å²) < 4.78 is 29.7. The first-order valence-electron chi connectivity index (χ1n) is 10.7. The van der Waals surface area contributed by atoms with Crippen molar-refractivity contribution in [3.63, 3.8) is 0 Å². The molecule has 0 atom stereocenters. The van der Waals surface area contributed by atoms with Crippen molar-refractivity contribution < 1.29 is 17.6 Å². The second-order valence-electron chi connectivity index (χ2n) is 7.90. The summed E-state index contributed by atoms with van der Waals surface area (Å²) in [7, 11) is -3.19. The largest absolute Gasteiger partial charge is 0.440 e. The average molecular weight is 474 g/mol. The van der Waals surface area contributed by atoms with E-state index in [9.17, 15) is 13.2 Å². The maximum atomic E-state index is 12.6. The van der Waals surface area contributed by atoms with Gasteiger partial charge in [0.05, 0.1) is 27.6 Å². The fourth-order valence-corrected chi connectivity index (χ4v) is 5.37. The first-order chi connectivity index (χ1) is 15.4. The SMILES string of the molecule is CCS(=O)(=O)c1ccc(N2CCC(NC(=O)Cc3nc(-c4cccs4)oc3C)CC2)cc1. The van der Waals surface area contributed by atoms with Crippen LogP contribution in [0.5, 0.6) is 0 Å². The Morgan fingerprint density at radius 2 is 1.94 bits per heavy atom. The third kappa shape index (κ3) is 5.05. The van der Waals surface area contributed by atoms with Gasteiger partial charge in [-0.25, -0.2) is 13.4 Å². The number of nitrogens with zero attached hydrogens (tertiary/aromatic N) is 2. The lowest BCUT2D eigenvalue weighted by molar-refractivity contribution is -0.121. The lowest BCUT2D eigenvalue weighted by Crippen LogP contribution is -2.45. The van der Waals surface area contributed by atoms with Crippen LogP contribution in [0.2, 0.25) is 0 Å². The minimum Gasteiger partial charge on any atom is -0.440 e. The van der Waals surface area contributed by atoms with Crippen molar-refractivity contribution >= 4 is 32.8 Å². The van der Waals surface area contributed by atoms with Gasteiger partial charge in [0.25, 0.3) is 0 Å². The standard InChI is InChI=1S/C23H27N3O4S2/c1-3-32(28,29)19-8-6-18(7-9-19)26-12-10-17(11-13-26)24-22(27)15-20-16(2)30-23(25-20)21-5-4-14-31-21/h4-9,14,17H,3,10-13,15H2,1-2H3,(H,24,27). The number of nitrogens with one attached hydrogen (secondary N) is 1. The van der Waals surface area contributed by atoms with Crippen molar-refractivity contribution in [1.29, 1.82) is 0 Å². The molecule has 32 heavy (non-hydrogen) atoms. The number of hydrogen-bond donors (Lipinski definition) is 1. The zero-order valence-corrected chi connectivity index (χ0v) is 19.8. The molecule has 0 aliphatic carbocycles. The molecule has 1 aliphatic heterocycles. The van der Waals surface area contributed by atoms with E-state index in [0.717, 1.165) is 36.5 Å². The number of aryl methyl sites for hydroxylation is 1. The molecule has 1 saturated heterocycles. The normalized spacial score (nSPS) is 15.1. The van der Waals surface area contributed by atoms with Gasteiger partial charge in [0.15, 0.2) is 9.84 Å². The number of rotatable bonds is 7. The molecule has 2 aromatic heterocycles. The van der Waals surface area contributed by atoms with Gasteiger partial charge in [-0.1, -0.05) is 13.0 Å². The van der Waals surface area contributed by atoms with Crippen molar-refractivity contribution in [1.82, 2.24) is 10.3 Å². The highest BCUT2D eigenvalue weighted by molar-refractivity contribution is 7.91. The Hall–Kier alpha value is -2.65. The van der Waals surface area contributed by atoms with E-state index >= 15 is 0 Å². The molecule has 0 saturated carbocycles. The number of thiophene rings is 1. The van der Waals surface area contributed by atoms with Crippen LogP contribution in [0.15, 0.2) is 51.1 Å². The fraction of sp³-hybridized carbons (Fsp3) is 0.391. The van der Waals surface area contributed by atoms with Gasteiger partial charge in [-0.05, 0) is 55.5 Å². The van der Waals surface area contributed by atoms with Crippen molar-refractivity contribution in [2.75, 3.05) is 23.7 Å². The lowest BCUT2D eigenvalue weighted by Gasteiger charge is -2.34. The van der Waals surface area contributed by atoms with Crippen LogP contribution in [0.25, 0.3) is 10.8 Å². The molecule has 0 unspecified atom stereocenters. The fourth-order valence-electron chi connectivity index (χ4n) is 3.84. The first kappa shape index (κ1) is 22.5. The number of benzene rings is 1. The zero-order chi connectivity index (χ0) is 22.7. The Balaban J connectivity index is 1.29. The Kier molecular flexibility index (Phi) is 6.66. The molecule has 9 heteroatoms. The summed E-state index contributed by atoms with van der Waals surface area (Å²) in [6.07, 6.45) is 1.87. The van der Waals surface area contributed by atoms with Gasteiger partial charge in [-0.2, -0.15) is 0 Å². The van der Waals surface area contributed by atoms with E-state index in [4.69, 9.17) is 4.42 Å². The molecule has 1 amide bonds. The van der Waals surface area contributed by atoms with Gasteiger partial charge in [0.1, 0.15) is 5.76 Å². The predicted octanol–water partition coefficient (Wildman–Crippen LogP) is 3.83. The lowest BCUT2D eigenvalue weighted by atomic mass is 10.0. The molecule has 7 nitrogen and oxygen atoms in total. The van der Waals surface area contributed by atoms with Crippen molar-refractivity contribution in [3.05, 3.63) is 53.2 Å². The number of hydrogen-bond acceptors (Lipinski definition) is 7. The van der Waals surface area contributed by atoms with Crippen molar-refractivity contribution in [2.24, 2.45) is 0 Å². The summed E-state index contributed by atoms with van der Waals surface area (Å²) in [6.45, 7) is 5.09. The third-order valence-electron chi connectivity index (χ3n) is 5.75. The molecule has 4 rings (SSSR count). The molecule has 0 radical (unpaired) electrons. The van der Waals surface area contributed by atoms with E-state index in [1.807, 2.05) is 36.6 Å². The molecule has 1 aromatic carbocycles. The number of carbonyl (C=O) groups excluding carboxylic acids is 1. The summed E-state index contributed by atoms with van der Waals surface area (Å²) in [5.41, 5.74) is 1.68. The van der Waals surface area contributed by atoms with E-state index in [1.165, 1.54) is 0 Å². The van der Waals surface area contributed by atoms with Gasteiger partial charge < -0.3 is 14.6 Å². The Morgan fingerprint density at radius 1 is 1.22 bits per heavy atom. The van der Waals surface area contributed by atoms with Crippen LogP contribution in [0.3, 0.4) is 0 Å². The number of amides is 1. The molecule has 3 aromatic rings. The van der Waals surface area contributed by atoms with Crippen molar-refractivity contribution in [2.45, 2.75) is 44.0 Å². The number of carbonyl (C=O) groups is 1. The minimum absolute atomic E-state index is 0.0493. The molecule has 1 N–H and O–H groups in total. The quantitative estimate of drug-likeness (QED) is 0.561. The molecule has 1 aliphatic rings. The van der Waals surface area contributed by atoms with Gasteiger partial charge in [-0.3, -0.25) is 4.79 Å². The van der Waals surface area contributed by atoms with Gasteiger partial charge >= 0.3 is 0 Å². The van der Waals surface area contributed by atoms with Crippen LogP contribution in [-0.4, -0.2) is 44.2 Å². The molecule has 3 heterocycles. The minimum atomic E-state index is -3.19. The molecule has 1 fully saturated rings. The van der Waals surface area contributed by atoms with E-state index < -0.39 is 9.84 Å². The van der Waals surface area contributed by atoms with Gasteiger partial charge in [-0.15, -0.1) is 11.3 Å². The number of piperidine rings is 1. The van der Waals surface area contributed by atoms with E-state index in [2.05, 4.69) is 15.2 Å². The third-order valence-corrected chi connectivity index (χ3v) is 8.36. The Bertz CT molecular complexity index is 1160. The molecule has 0 spiro atoms. The highest BCUT2D eigenvalue weighted by Gasteiger charge is 2.23. The molecule has 0 bridgehead atoms. The summed E-state index contributed by atoms with van der Waals surface area (Å²) in [4.78, 5) is 20.6. The van der Waals surface area contributed by atoms with Crippen LogP contribution < -0.4 is 10.2 Å². The molecular formula is C23H27N3O4S2. The topological polar surface area (TPSA) is 92.5 Å². The predicted molar refractivity (Wildman–Crippen MR) is 126 cm³/mol. The zero-order valence-electron chi connectivity index (χ0n) is 18.2. The number of sulfone groups is 1. The summed E-state index contributed by atoms with van der Waals surface area (Å²) >= 11 is 1.56. The summed E-state index contributed by atoms with van der Waals surface area (Å²) in [6, 6.07) is 11.1. The average Bonchev–Trinajstić information content (AvgIpc) is 3.45. The smallest absolute Gasteiger partial charge is 0.236 e. The Morgan fingerprint density at radius 3 is 2.56 bits per heavy atom. The highest BCUT2D eigenvalue weighted by atomic mass is 32.2. The van der Waals surface area contributed by atoms with E-state index in [1.54, 1.807) is 30.4 Å². The maximum Gasteiger partial charge on any atom is 0.236 e. The number of oxazole rings is 1. The van der Waals surface area contributed by atoms with Crippen molar-refractivity contribution in [3.8, 4) is 10.8 Å². The van der Waals surface area contributed by atoms with Gasteiger partial charge in [0, 0.05) is 24.8 Å². The second-order valence-corrected chi connectivity index (χ2v) is 11.1. The first-order valence-corrected chi connectivity index (χ1v) is 13.3. The monoisotopic (exact) mass is 473 g/mol. The summed E-state index contributed by atoms with van der Waals surface area (Å²) in [5.74, 6) is 1.28. The van der Waals surface area contributed by atoms with E-state index in [0.29, 0.717) is 22.2 Å². The molecule has 170 valence electrons. The number of aromatic nitrogens is 1.